The predicted octanol–water partition coefficient (Wildman–Crippen LogP) is 3.07. The number of imidazole rings is 1. The zero-order chi connectivity index (χ0) is 14.1. The van der Waals surface area contributed by atoms with Gasteiger partial charge in [-0.05, 0) is 11.8 Å². The standard InChI is InChI=1S/C12H11ClN6S/c1-6(2)10-18-7(13)3-8(19-10)20-12-9-11(15-4-14-9)16-5-17-12/h3-6H,1-2H3,(H,14,15,16,17). The highest BCUT2D eigenvalue weighted by atomic mass is 35.5. The number of hydrogen-bond acceptors (Lipinski definition) is 6. The van der Waals surface area contributed by atoms with E-state index in [2.05, 4.69) is 29.9 Å². The molecule has 1 N–H and O–H groups in total. The molecule has 0 radical (unpaired) electrons. The first-order chi connectivity index (χ1) is 9.63. The van der Waals surface area contributed by atoms with Crippen molar-refractivity contribution in [3.63, 3.8) is 0 Å². The van der Waals surface area contributed by atoms with Gasteiger partial charge in [-0.1, -0.05) is 25.4 Å². The van der Waals surface area contributed by atoms with Gasteiger partial charge in [0, 0.05) is 12.0 Å². The van der Waals surface area contributed by atoms with E-state index in [1.165, 1.54) is 18.1 Å². The molecule has 3 aromatic heterocycles. The van der Waals surface area contributed by atoms with Crippen LogP contribution in [-0.4, -0.2) is 29.9 Å². The summed E-state index contributed by atoms with van der Waals surface area (Å²) >= 11 is 7.45. The maximum Gasteiger partial charge on any atom is 0.181 e. The SMILES string of the molecule is CC(C)c1nc(Cl)cc(Sc2ncnc3nc[nH]c23)n1. The highest BCUT2D eigenvalue weighted by molar-refractivity contribution is 7.99. The number of fused-ring (bicyclic) bond motifs is 1. The van der Waals surface area contributed by atoms with Crippen molar-refractivity contribution in [3.8, 4) is 0 Å². The summed E-state index contributed by atoms with van der Waals surface area (Å²) in [4.78, 5) is 24.2. The van der Waals surface area contributed by atoms with Gasteiger partial charge in [0.25, 0.3) is 0 Å². The van der Waals surface area contributed by atoms with Crippen LogP contribution in [-0.2, 0) is 0 Å². The fraction of sp³-hybridized carbons (Fsp3) is 0.250. The van der Waals surface area contributed by atoms with Crippen molar-refractivity contribution in [2.75, 3.05) is 0 Å². The first-order valence-electron chi connectivity index (χ1n) is 6.00. The van der Waals surface area contributed by atoms with Crippen LogP contribution in [0.4, 0.5) is 0 Å². The van der Waals surface area contributed by atoms with Crippen LogP contribution in [0.5, 0.6) is 0 Å². The summed E-state index contributed by atoms with van der Waals surface area (Å²) < 4.78 is 0. The quantitative estimate of drug-likeness (QED) is 0.749. The molecule has 0 aromatic carbocycles. The molecule has 0 saturated carbocycles. The molecule has 6 nitrogen and oxygen atoms in total. The summed E-state index contributed by atoms with van der Waals surface area (Å²) in [5, 5.41) is 1.95. The third-order valence-electron chi connectivity index (χ3n) is 2.59. The van der Waals surface area contributed by atoms with Crippen LogP contribution in [0, 0.1) is 0 Å². The molecule has 102 valence electrons. The highest BCUT2D eigenvalue weighted by Crippen LogP contribution is 2.30. The van der Waals surface area contributed by atoms with Crippen LogP contribution in [0.15, 0.2) is 28.8 Å². The number of hydrogen-bond donors (Lipinski definition) is 1. The number of H-pyrrole nitrogens is 1. The van der Waals surface area contributed by atoms with Gasteiger partial charge >= 0.3 is 0 Å². The van der Waals surface area contributed by atoms with Crippen molar-refractivity contribution < 1.29 is 0 Å². The van der Waals surface area contributed by atoms with Gasteiger partial charge in [-0.2, -0.15) is 0 Å². The minimum atomic E-state index is 0.214. The number of aromatic nitrogens is 6. The van der Waals surface area contributed by atoms with Crippen molar-refractivity contribution >= 4 is 34.5 Å². The minimum Gasteiger partial charge on any atom is -0.341 e. The maximum absolute atomic E-state index is 6.04. The van der Waals surface area contributed by atoms with Gasteiger partial charge < -0.3 is 4.98 Å². The van der Waals surface area contributed by atoms with E-state index in [1.54, 1.807) is 12.4 Å². The largest absolute Gasteiger partial charge is 0.341 e. The Morgan fingerprint density at radius 2 is 2.05 bits per heavy atom. The lowest BCUT2D eigenvalue weighted by Crippen LogP contribution is -1.99. The van der Waals surface area contributed by atoms with E-state index >= 15 is 0 Å². The second-order valence-corrected chi connectivity index (χ2v) is 5.82. The first kappa shape index (κ1) is 13.3. The molecule has 0 spiro atoms. The van der Waals surface area contributed by atoms with Gasteiger partial charge in [0.05, 0.1) is 6.33 Å². The number of aromatic amines is 1. The lowest BCUT2D eigenvalue weighted by Gasteiger charge is -2.07. The molecule has 0 unspecified atom stereocenters. The van der Waals surface area contributed by atoms with Crippen molar-refractivity contribution in [3.05, 3.63) is 29.7 Å². The molecule has 0 bridgehead atoms. The van der Waals surface area contributed by atoms with Crippen molar-refractivity contribution in [2.45, 2.75) is 29.8 Å². The summed E-state index contributed by atoms with van der Waals surface area (Å²) in [6.07, 6.45) is 3.08. The third kappa shape index (κ3) is 2.59. The van der Waals surface area contributed by atoms with Crippen LogP contribution >= 0.6 is 23.4 Å². The molecule has 0 aliphatic carbocycles. The Bertz CT molecular complexity index is 757. The second kappa shape index (κ2) is 5.34. The Kier molecular flexibility index (Phi) is 3.54. The summed E-state index contributed by atoms with van der Waals surface area (Å²) in [5.41, 5.74) is 1.42. The summed E-state index contributed by atoms with van der Waals surface area (Å²) in [6.45, 7) is 4.05. The van der Waals surface area contributed by atoms with Gasteiger partial charge in [0.1, 0.15) is 32.9 Å². The fourth-order valence-electron chi connectivity index (χ4n) is 1.64. The number of halogens is 1. The Morgan fingerprint density at radius 3 is 2.85 bits per heavy atom. The highest BCUT2D eigenvalue weighted by Gasteiger charge is 2.12. The van der Waals surface area contributed by atoms with Crippen LogP contribution in [0.25, 0.3) is 11.2 Å². The fourth-order valence-corrected chi connectivity index (χ4v) is 2.76. The average Bonchev–Trinajstić information content (AvgIpc) is 2.87. The summed E-state index contributed by atoms with van der Waals surface area (Å²) in [7, 11) is 0. The molecular weight excluding hydrogens is 296 g/mol. The van der Waals surface area contributed by atoms with E-state index < -0.39 is 0 Å². The molecule has 0 atom stereocenters. The van der Waals surface area contributed by atoms with Crippen LogP contribution in [0.3, 0.4) is 0 Å². The van der Waals surface area contributed by atoms with Crippen LogP contribution in [0.1, 0.15) is 25.6 Å². The van der Waals surface area contributed by atoms with Crippen LogP contribution < -0.4 is 0 Å². The van der Waals surface area contributed by atoms with E-state index in [0.717, 1.165) is 21.4 Å². The molecule has 3 heterocycles. The molecule has 0 aliphatic rings. The first-order valence-corrected chi connectivity index (χ1v) is 7.19. The Hall–Kier alpha value is -1.73. The third-order valence-corrected chi connectivity index (χ3v) is 3.71. The monoisotopic (exact) mass is 306 g/mol. The van der Waals surface area contributed by atoms with E-state index in [0.29, 0.717) is 10.8 Å². The molecule has 0 amide bonds. The molecule has 3 aromatic rings. The molecule has 0 saturated heterocycles. The maximum atomic E-state index is 6.04. The van der Waals surface area contributed by atoms with E-state index in [1.807, 2.05) is 13.8 Å². The van der Waals surface area contributed by atoms with Gasteiger partial charge in [-0.25, -0.2) is 24.9 Å². The summed E-state index contributed by atoms with van der Waals surface area (Å²) in [6, 6.07) is 1.72. The molecule has 0 aliphatic heterocycles. The number of nitrogens with zero attached hydrogens (tertiary/aromatic N) is 5. The minimum absolute atomic E-state index is 0.214. The van der Waals surface area contributed by atoms with E-state index in [-0.39, 0.29) is 5.92 Å². The van der Waals surface area contributed by atoms with Crippen LogP contribution in [0.2, 0.25) is 5.15 Å². The molecule has 3 rings (SSSR count). The topological polar surface area (TPSA) is 80.2 Å². The zero-order valence-corrected chi connectivity index (χ0v) is 12.4. The van der Waals surface area contributed by atoms with Gasteiger partial charge in [-0.15, -0.1) is 0 Å². The van der Waals surface area contributed by atoms with Gasteiger partial charge in [0.15, 0.2) is 5.65 Å². The number of rotatable bonds is 3. The smallest absolute Gasteiger partial charge is 0.181 e. The van der Waals surface area contributed by atoms with Gasteiger partial charge in [-0.3, -0.25) is 0 Å². The number of nitrogens with one attached hydrogen (secondary N) is 1. The lowest BCUT2D eigenvalue weighted by atomic mass is 10.2. The second-order valence-electron chi connectivity index (χ2n) is 4.42. The van der Waals surface area contributed by atoms with E-state index in [4.69, 9.17) is 11.6 Å². The Morgan fingerprint density at radius 1 is 1.20 bits per heavy atom. The lowest BCUT2D eigenvalue weighted by molar-refractivity contribution is 0.753. The predicted molar refractivity (Wildman–Crippen MR) is 76.9 cm³/mol. The molecular formula is C12H11ClN6S. The van der Waals surface area contributed by atoms with Gasteiger partial charge in [0.2, 0.25) is 0 Å². The van der Waals surface area contributed by atoms with Crippen molar-refractivity contribution in [2.24, 2.45) is 0 Å². The molecule has 20 heavy (non-hydrogen) atoms. The van der Waals surface area contributed by atoms with E-state index in [9.17, 15) is 0 Å². The average molecular weight is 307 g/mol. The molecule has 0 fully saturated rings. The van der Waals surface area contributed by atoms with Crippen molar-refractivity contribution in [1.29, 1.82) is 0 Å². The zero-order valence-electron chi connectivity index (χ0n) is 10.8. The normalized spacial score (nSPS) is 11.4. The molecule has 8 heteroatoms. The Labute approximate surface area is 124 Å². The Balaban J connectivity index is 2.00. The summed E-state index contributed by atoms with van der Waals surface area (Å²) in [5.74, 6) is 0.931. The van der Waals surface area contributed by atoms with Crippen molar-refractivity contribution in [1.82, 2.24) is 29.9 Å².